The van der Waals surface area contributed by atoms with Crippen LogP contribution >= 0.6 is 11.3 Å². The number of sulfonamides is 1. The fourth-order valence-corrected chi connectivity index (χ4v) is 8.04. The zero-order valence-corrected chi connectivity index (χ0v) is 23.7. The summed E-state index contributed by atoms with van der Waals surface area (Å²) in [6.45, 7) is 1.48. The van der Waals surface area contributed by atoms with Gasteiger partial charge in [0.1, 0.15) is 25.8 Å². The molecule has 3 aromatic rings. The van der Waals surface area contributed by atoms with E-state index in [1.165, 1.54) is 12.5 Å². The second-order valence-electron chi connectivity index (χ2n) is 9.75. The van der Waals surface area contributed by atoms with Crippen molar-refractivity contribution in [2.24, 2.45) is 0 Å². The summed E-state index contributed by atoms with van der Waals surface area (Å²) in [6, 6.07) is 9.95. The van der Waals surface area contributed by atoms with Crippen molar-refractivity contribution in [2.75, 3.05) is 30.4 Å². The van der Waals surface area contributed by atoms with E-state index >= 15 is 0 Å². The molecule has 1 aliphatic heterocycles. The Bertz CT molecular complexity index is 1710. The molecule has 2 aromatic heterocycles. The third kappa shape index (κ3) is 6.94. The summed E-state index contributed by atoms with van der Waals surface area (Å²) in [6.07, 6.45) is 5.87. The van der Waals surface area contributed by atoms with Gasteiger partial charge in [-0.1, -0.05) is 12.1 Å². The van der Waals surface area contributed by atoms with Gasteiger partial charge in [0.25, 0.3) is 10.0 Å². The number of fused-ring (bicyclic) bond motifs is 2. The summed E-state index contributed by atoms with van der Waals surface area (Å²) >= 11 is 1.13. The summed E-state index contributed by atoms with van der Waals surface area (Å²) in [5.41, 5.74) is 5.02. The van der Waals surface area contributed by atoms with E-state index in [9.17, 15) is 26.9 Å². The number of thiophene rings is 1. The van der Waals surface area contributed by atoms with E-state index in [1.54, 1.807) is 18.2 Å². The summed E-state index contributed by atoms with van der Waals surface area (Å²) in [5, 5.41) is 12.0. The molecule has 0 spiro atoms. The number of amides is 2. The first-order chi connectivity index (χ1) is 18.5. The molecule has 2 N–H and O–H groups in total. The van der Waals surface area contributed by atoms with Crippen LogP contribution in [0.3, 0.4) is 0 Å². The fraction of sp³-hybridized carbons (Fsp3) is 0.346. The molecule has 206 valence electrons. The molecule has 0 radical (unpaired) electrons. The van der Waals surface area contributed by atoms with Gasteiger partial charge in [0, 0.05) is 42.5 Å². The molecule has 0 saturated heterocycles. The molecule has 0 unspecified atom stereocenters. The van der Waals surface area contributed by atoms with Crippen LogP contribution in [0, 0.1) is 11.3 Å². The Morgan fingerprint density at radius 2 is 1.93 bits per heavy atom. The molecule has 14 heteroatoms. The van der Waals surface area contributed by atoms with Crippen molar-refractivity contribution in [3.05, 3.63) is 63.8 Å². The summed E-state index contributed by atoms with van der Waals surface area (Å²) < 4.78 is 51.6. The van der Waals surface area contributed by atoms with Crippen molar-refractivity contribution in [1.29, 1.82) is 5.26 Å². The first-order valence-electron chi connectivity index (χ1n) is 12.4. The number of carbonyl (C=O) groups is 1. The van der Waals surface area contributed by atoms with Crippen LogP contribution in [0.1, 0.15) is 33.7 Å². The second kappa shape index (κ2) is 12.3. The van der Waals surface area contributed by atoms with Crippen LogP contribution in [0.5, 0.6) is 0 Å². The number of hydrogen-bond donors (Lipinski definition) is 2. The van der Waals surface area contributed by atoms with Crippen molar-refractivity contribution in [2.45, 2.75) is 36.4 Å². The van der Waals surface area contributed by atoms with E-state index in [0.717, 1.165) is 52.2 Å². The Labute approximate surface area is 260 Å². The van der Waals surface area contributed by atoms with Crippen molar-refractivity contribution >= 4 is 72.5 Å². The molecule has 0 saturated carbocycles. The Balaban J connectivity index is 0.00000370. The predicted octanol–water partition coefficient (Wildman–Crippen LogP) is 2.44. The standard InChI is InChI=1S/C26H27N5O5S3.Na.H/c1-38(33,34)12-11-31-10-8-23-19(16-31)14-24(37-23)39(35,36)30-26(32)29-25-21-4-2-3-17(21)5-6-22(25)18-7-9-28-20(13-18)15-27;;/h5-7,9,13-14H,2-4,8,10-12,16H2,1H3,(H2,29,30,32);;. The average Bonchev–Trinajstić information content (AvgIpc) is 3.54. The van der Waals surface area contributed by atoms with Gasteiger partial charge in [-0.15, -0.1) is 11.3 Å². The zero-order valence-electron chi connectivity index (χ0n) is 21.2. The third-order valence-corrected chi connectivity index (χ3v) is 10.9. The van der Waals surface area contributed by atoms with E-state index < -0.39 is 25.9 Å². The number of nitrogens with one attached hydrogen (secondary N) is 2. The summed E-state index contributed by atoms with van der Waals surface area (Å²) in [7, 11) is -7.23. The Kier molecular flexibility index (Phi) is 9.41. The molecule has 3 heterocycles. The quantitative estimate of drug-likeness (QED) is 0.388. The Morgan fingerprint density at radius 3 is 2.67 bits per heavy atom. The number of anilines is 1. The van der Waals surface area contributed by atoms with Crippen LogP contribution in [0.4, 0.5) is 10.5 Å². The van der Waals surface area contributed by atoms with Gasteiger partial charge in [0.15, 0.2) is 0 Å². The van der Waals surface area contributed by atoms with Gasteiger partial charge in [-0.25, -0.2) is 31.3 Å². The minimum absolute atomic E-state index is 0. The number of urea groups is 1. The van der Waals surface area contributed by atoms with E-state index in [1.807, 2.05) is 23.1 Å². The van der Waals surface area contributed by atoms with Crippen LogP contribution < -0.4 is 10.0 Å². The molecule has 1 aromatic carbocycles. The summed E-state index contributed by atoms with van der Waals surface area (Å²) in [5.74, 6) is 0.0435. The second-order valence-corrected chi connectivity index (χ2v) is 15.1. The van der Waals surface area contributed by atoms with Crippen molar-refractivity contribution in [3.63, 3.8) is 0 Å². The number of aryl methyl sites for hydroxylation is 1. The van der Waals surface area contributed by atoms with Crippen LogP contribution in [0.2, 0.25) is 0 Å². The maximum absolute atomic E-state index is 13.2. The molecule has 5 rings (SSSR count). The van der Waals surface area contributed by atoms with Gasteiger partial charge in [0.05, 0.1) is 11.4 Å². The van der Waals surface area contributed by atoms with Crippen LogP contribution in [0.15, 0.2) is 40.7 Å². The van der Waals surface area contributed by atoms with Gasteiger partial charge in [-0.3, -0.25) is 4.90 Å². The predicted molar refractivity (Wildman–Crippen MR) is 156 cm³/mol. The Morgan fingerprint density at radius 1 is 1.12 bits per heavy atom. The van der Waals surface area contributed by atoms with Crippen LogP contribution in [-0.2, 0) is 45.7 Å². The number of aromatic nitrogens is 1. The third-order valence-electron chi connectivity index (χ3n) is 6.90. The molecule has 0 fully saturated rings. The molecule has 1 aliphatic carbocycles. The average molecular weight is 610 g/mol. The summed E-state index contributed by atoms with van der Waals surface area (Å²) in [4.78, 5) is 20.0. The zero-order chi connectivity index (χ0) is 27.8. The van der Waals surface area contributed by atoms with Gasteiger partial charge < -0.3 is 5.32 Å². The first-order valence-corrected chi connectivity index (χ1v) is 16.8. The van der Waals surface area contributed by atoms with Crippen LogP contribution in [0.25, 0.3) is 11.1 Å². The topological polar surface area (TPSA) is 149 Å². The number of rotatable bonds is 7. The van der Waals surface area contributed by atoms with E-state index in [0.29, 0.717) is 42.9 Å². The van der Waals surface area contributed by atoms with Gasteiger partial charge >= 0.3 is 35.6 Å². The number of carbonyl (C=O) groups excluding carboxylic acids is 1. The number of sulfone groups is 1. The number of hydrogen-bond acceptors (Lipinski definition) is 9. The van der Waals surface area contributed by atoms with Crippen LogP contribution in [-0.4, -0.2) is 87.4 Å². The number of pyridine rings is 1. The SMILES string of the molecule is CS(=O)(=O)CCN1CCc2sc(S(=O)(=O)NC(=O)Nc3c(-c4ccnc(C#N)c4)ccc4c3CCC4)cc2C1.[NaH]. The van der Waals surface area contributed by atoms with E-state index in [4.69, 9.17) is 0 Å². The fourth-order valence-electron chi connectivity index (χ4n) is 5.00. The molecular weight excluding hydrogens is 582 g/mol. The van der Waals surface area contributed by atoms with E-state index in [-0.39, 0.29) is 45.2 Å². The molecule has 10 nitrogen and oxygen atoms in total. The van der Waals surface area contributed by atoms with Crippen molar-refractivity contribution in [3.8, 4) is 17.2 Å². The van der Waals surface area contributed by atoms with Crippen molar-refractivity contribution < 1.29 is 21.6 Å². The first kappa shape index (κ1) is 30.6. The molecular formula is C26H28N5NaO5S3. The monoisotopic (exact) mass is 609 g/mol. The van der Waals surface area contributed by atoms with Gasteiger partial charge in [-0.2, -0.15) is 5.26 Å². The molecule has 0 atom stereocenters. The van der Waals surface area contributed by atoms with Crippen molar-refractivity contribution in [1.82, 2.24) is 14.6 Å². The molecule has 2 aliphatic rings. The number of benzene rings is 1. The molecule has 2 amide bonds. The normalized spacial score (nSPS) is 14.9. The Hall–Kier alpha value is -2.31. The molecule has 0 bridgehead atoms. The van der Waals surface area contributed by atoms with E-state index in [2.05, 4.69) is 15.0 Å². The minimum atomic E-state index is -4.14. The maximum atomic E-state index is 13.2. The number of nitriles is 1. The van der Waals surface area contributed by atoms with Gasteiger partial charge in [0.2, 0.25) is 0 Å². The van der Waals surface area contributed by atoms with Gasteiger partial charge in [-0.05, 0) is 66.1 Å². The molecule has 40 heavy (non-hydrogen) atoms. The number of nitrogens with zero attached hydrogens (tertiary/aromatic N) is 3.